The molecule has 0 bridgehead atoms. The van der Waals surface area contributed by atoms with Crippen LogP contribution < -0.4 is 0 Å². The van der Waals surface area contributed by atoms with E-state index in [-0.39, 0.29) is 11.1 Å². The van der Waals surface area contributed by atoms with Crippen molar-refractivity contribution in [2.45, 2.75) is 19.8 Å². The molecular weight excluding hydrogens is 186 g/mol. The molecule has 1 aromatic rings. The lowest BCUT2D eigenvalue weighted by molar-refractivity contribution is 0.917. The summed E-state index contributed by atoms with van der Waals surface area (Å²) in [6.45, 7) is 2.01. The molecule has 0 aliphatic rings. The average Bonchev–Trinajstić information content (AvgIpc) is 2.28. The fourth-order valence-electron chi connectivity index (χ4n) is 1.46. The highest BCUT2D eigenvalue weighted by Gasteiger charge is 2.11. The summed E-state index contributed by atoms with van der Waals surface area (Å²) in [6, 6.07) is 9.19. The minimum absolute atomic E-state index is 0.200. The summed E-state index contributed by atoms with van der Waals surface area (Å²) in [6.07, 6.45) is 1.66. The summed E-state index contributed by atoms with van der Waals surface area (Å²) in [7, 11) is 0. The van der Waals surface area contributed by atoms with Gasteiger partial charge in [0.05, 0.1) is 16.7 Å². The molecule has 0 aromatic heterocycles. The van der Waals surface area contributed by atoms with E-state index in [9.17, 15) is 0 Å². The highest BCUT2D eigenvalue weighted by molar-refractivity contribution is 5.58. The second-order valence-electron chi connectivity index (χ2n) is 3.11. The van der Waals surface area contributed by atoms with Gasteiger partial charge in [-0.2, -0.15) is 15.8 Å². The lowest BCUT2D eigenvalue weighted by atomic mass is 9.95. The van der Waals surface area contributed by atoms with Gasteiger partial charge in [-0.1, -0.05) is 19.4 Å². The topological polar surface area (TPSA) is 71.4 Å². The van der Waals surface area contributed by atoms with Crippen molar-refractivity contribution in [3.05, 3.63) is 34.4 Å². The van der Waals surface area contributed by atoms with Gasteiger partial charge in [-0.05, 0) is 18.1 Å². The molecule has 0 unspecified atom stereocenters. The Kier molecular flexibility index (Phi) is 3.44. The van der Waals surface area contributed by atoms with Gasteiger partial charge in [-0.25, -0.2) is 0 Å². The highest BCUT2D eigenvalue weighted by Crippen LogP contribution is 2.18. The summed E-state index contributed by atoms with van der Waals surface area (Å²) in [4.78, 5) is 0. The predicted octanol–water partition coefficient (Wildman–Crippen LogP) is 2.25. The van der Waals surface area contributed by atoms with Crippen molar-refractivity contribution in [3.63, 3.8) is 0 Å². The van der Waals surface area contributed by atoms with Crippen molar-refractivity contribution in [2.24, 2.45) is 0 Å². The first-order chi connectivity index (χ1) is 7.28. The smallest absolute Gasteiger partial charge is 0.102 e. The van der Waals surface area contributed by atoms with Crippen LogP contribution in [-0.4, -0.2) is 0 Å². The molecule has 1 rings (SSSR count). The molecule has 3 nitrogen and oxygen atoms in total. The van der Waals surface area contributed by atoms with Crippen LogP contribution in [-0.2, 0) is 6.42 Å². The van der Waals surface area contributed by atoms with Crippen LogP contribution in [0.15, 0.2) is 12.1 Å². The molecule has 3 heteroatoms. The van der Waals surface area contributed by atoms with Crippen LogP contribution in [0, 0.1) is 34.0 Å². The van der Waals surface area contributed by atoms with Crippen LogP contribution in [0.1, 0.15) is 35.6 Å². The molecule has 15 heavy (non-hydrogen) atoms. The number of rotatable bonds is 2. The van der Waals surface area contributed by atoms with E-state index in [0.717, 1.165) is 18.4 Å². The van der Waals surface area contributed by atoms with Crippen LogP contribution in [0.2, 0.25) is 0 Å². The fourth-order valence-corrected chi connectivity index (χ4v) is 1.46. The zero-order chi connectivity index (χ0) is 11.3. The van der Waals surface area contributed by atoms with Gasteiger partial charge in [0.2, 0.25) is 0 Å². The number of aryl methyl sites for hydroxylation is 1. The Labute approximate surface area is 88.8 Å². The maximum atomic E-state index is 8.97. The maximum absolute atomic E-state index is 8.97. The van der Waals surface area contributed by atoms with Crippen molar-refractivity contribution >= 4 is 0 Å². The lowest BCUT2D eigenvalue weighted by Crippen LogP contribution is -1.96. The molecule has 0 spiro atoms. The fraction of sp³-hybridized carbons (Fsp3) is 0.250. The standard InChI is InChI=1S/C12H9N3/c1-2-3-9-4-5-10(6-13)12(8-15)11(9)7-14/h4-5H,2-3H2,1H3. The summed E-state index contributed by atoms with van der Waals surface area (Å²) in [5.74, 6) is 0. The van der Waals surface area contributed by atoms with E-state index in [1.807, 2.05) is 25.1 Å². The van der Waals surface area contributed by atoms with E-state index in [2.05, 4.69) is 0 Å². The second kappa shape index (κ2) is 4.80. The van der Waals surface area contributed by atoms with E-state index in [1.54, 1.807) is 12.1 Å². The molecule has 0 atom stereocenters. The Hall–Kier alpha value is -2.31. The van der Waals surface area contributed by atoms with Gasteiger partial charge in [0.15, 0.2) is 0 Å². The Bertz CT molecular complexity index is 495. The van der Waals surface area contributed by atoms with Crippen molar-refractivity contribution in [3.8, 4) is 18.2 Å². The third-order valence-electron chi connectivity index (χ3n) is 2.16. The molecule has 0 heterocycles. The first kappa shape index (κ1) is 10.8. The van der Waals surface area contributed by atoms with E-state index in [1.165, 1.54) is 0 Å². The molecule has 0 fully saturated rings. The Morgan fingerprint density at radius 1 is 1.00 bits per heavy atom. The van der Waals surface area contributed by atoms with Crippen molar-refractivity contribution < 1.29 is 0 Å². The number of nitrogens with zero attached hydrogens (tertiary/aromatic N) is 3. The van der Waals surface area contributed by atoms with Gasteiger partial charge < -0.3 is 0 Å². The van der Waals surface area contributed by atoms with Gasteiger partial charge in [0.1, 0.15) is 18.2 Å². The van der Waals surface area contributed by atoms with E-state index < -0.39 is 0 Å². The molecule has 1 aromatic carbocycles. The van der Waals surface area contributed by atoms with Gasteiger partial charge in [0, 0.05) is 0 Å². The highest BCUT2D eigenvalue weighted by atomic mass is 14.3. The molecular formula is C12H9N3. The van der Waals surface area contributed by atoms with Gasteiger partial charge >= 0.3 is 0 Å². The molecule has 0 amide bonds. The molecule has 0 saturated heterocycles. The lowest BCUT2D eigenvalue weighted by Gasteiger charge is -2.04. The molecule has 0 aliphatic carbocycles. The molecule has 0 aliphatic heterocycles. The van der Waals surface area contributed by atoms with Gasteiger partial charge in [-0.15, -0.1) is 0 Å². The first-order valence-corrected chi connectivity index (χ1v) is 4.64. The van der Waals surface area contributed by atoms with Crippen LogP contribution in [0.5, 0.6) is 0 Å². The van der Waals surface area contributed by atoms with E-state index in [4.69, 9.17) is 15.8 Å². The number of benzene rings is 1. The normalized spacial score (nSPS) is 8.67. The zero-order valence-electron chi connectivity index (χ0n) is 8.41. The molecule has 0 radical (unpaired) electrons. The van der Waals surface area contributed by atoms with Crippen LogP contribution in [0.3, 0.4) is 0 Å². The van der Waals surface area contributed by atoms with E-state index in [0.29, 0.717) is 5.56 Å². The van der Waals surface area contributed by atoms with Crippen LogP contribution >= 0.6 is 0 Å². The third kappa shape index (κ3) is 1.96. The summed E-state index contributed by atoms with van der Waals surface area (Å²) in [5.41, 5.74) is 1.66. The van der Waals surface area contributed by atoms with Gasteiger partial charge in [0.25, 0.3) is 0 Å². The Morgan fingerprint density at radius 3 is 2.13 bits per heavy atom. The predicted molar refractivity (Wildman–Crippen MR) is 54.6 cm³/mol. The zero-order valence-corrected chi connectivity index (χ0v) is 8.41. The maximum Gasteiger partial charge on any atom is 0.102 e. The van der Waals surface area contributed by atoms with Crippen molar-refractivity contribution in [1.82, 2.24) is 0 Å². The quantitative estimate of drug-likeness (QED) is 0.726. The summed E-state index contributed by atoms with van der Waals surface area (Å²) < 4.78 is 0. The average molecular weight is 195 g/mol. The van der Waals surface area contributed by atoms with Crippen molar-refractivity contribution in [2.75, 3.05) is 0 Å². The van der Waals surface area contributed by atoms with Gasteiger partial charge in [-0.3, -0.25) is 0 Å². The SMILES string of the molecule is CCCc1ccc(C#N)c(C#N)c1C#N. The van der Waals surface area contributed by atoms with Crippen LogP contribution in [0.4, 0.5) is 0 Å². The monoisotopic (exact) mass is 195 g/mol. The number of hydrogen-bond acceptors (Lipinski definition) is 3. The molecule has 0 saturated carbocycles. The minimum Gasteiger partial charge on any atom is -0.192 e. The first-order valence-electron chi connectivity index (χ1n) is 4.64. The summed E-state index contributed by atoms with van der Waals surface area (Å²) >= 11 is 0. The molecule has 72 valence electrons. The van der Waals surface area contributed by atoms with Crippen molar-refractivity contribution in [1.29, 1.82) is 15.8 Å². The Morgan fingerprint density at radius 2 is 1.67 bits per heavy atom. The largest absolute Gasteiger partial charge is 0.192 e. The van der Waals surface area contributed by atoms with E-state index >= 15 is 0 Å². The third-order valence-corrected chi connectivity index (χ3v) is 2.16. The number of nitriles is 3. The minimum atomic E-state index is 0.200. The second-order valence-corrected chi connectivity index (χ2v) is 3.11. The molecule has 0 N–H and O–H groups in total. The number of hydrogen-bond donors (Lipinski definition) is 0. The van der Waals surface area contributed by atoms with Crippen LogP contribution in [0.25, 0.3) is 0 Å². The summed E-state index contributed by atoms with van der Waals surface area (Å²) in [5, 5.41) is 26.6. The Balaban J connectivity index is 3.46.